The molecule has 10 nitrogen and oxygen atoms in total. The number of nitrogens with one attached hydrogen (secondary N) is 1. The van der Waals surface area contributed by atoms with Crippen LogP contribution in [0.4, 0.5) is 5.69 Å². The van der Waals surface area contributed by atoms with Crippen molar-refractivity contribution in [2.45, 2.75) is 62.1 Å². The quantitative estimate of drug-likeness (QED) is 0.257. The highest BCUT2D eigenvalue weighted by atomic mass is 79.9. The van der Waals surface area contributed by atoms with Crippen LogP contribution in [0, 0.1) is 11.8 Å². The minimum absolute atomic E-state index is 0.107. The Hall–Kier alpha value is -4.29. The first-order chi connectivity index (χ1) is 25.1. The molecule has 2 N–H and O–H groups in total. The first-order valence-electron chi connectivity index (χ1n) is 17.4. The molecule has 3 aromatic carbocycles. The average molecular weight is 789 g/mol. The highest BCUT2D eigenvalue weighted by molar-refractivity contribution is 9.11. The number of carbonyl (C=O) groups is 4. The zero-order valence-corrected chi connectivity index (χ0v) is 30.8. The Morgan fingerprint density at radius 3 is 2.33 bits per heavy atom. The molecule has 8 atom stereocenters. The van der Waals surface area contributed by atoms with Gasteiger partial charge in [-0.15, -0.1) is 0 Å². The number of esters is 1. The molecule has 0 aromatic heterocycles. The van der Waals surface area contributed by atoms with Crippen molar-refractivity contribution in [2.24, 2.45) is 11.8 Å². The van der Waals surface area contributed by atoms with Crippen molar-refractivity contribution in [1.29, 1.82) is 0 Å². The monoisotopic (exact) mass is 787 g/mol. The Bertz CT molecular complexity index is 1890. The number of benzene rings is 3. The third-order valence-corrected chi connectivity index (χ3v) is 11.3. The summed E-state index contributed by atoms with van der Waals surface area (Å²) in [6, 6.07) is 22.7. The van der Waals surface area contributed by atoms with Crippen molar-refractivity contribution in [3.63, 3.8) is 0 Å². The van der Waals surface area contributed by atoms with E-state index in [0.29, 0.717) is 27.2 Å². The van der Waals surface area contributed by atoms with E-state index in [2.05, 4.69) is 21.2 Å². The number of fused-ring (bicyclic) bond motifs is 2. The number of allylic oxidation sites excluding steroid dienone is 1. The van der Waals surface area contributed by atoms with Gasteiger partial charge < -0.3 is 29.7 Å². The van der Waals surface area contributed by atoms with Gasteiger partial charge in [0.25, 0.3) is 5.91 Å². The summed E-state index contributed by atoms with van der Waals surface area (Å²) in [7, 11) is 0. The van der Waals surface area contributed by atoms with Crippen LogP contribution in [0.2, 0.25) is 5.02 Å². The molecule has 0 saturated carbocycles. The summed E-state index contributed by atoms with van der Waals surface area (Å²) in [4.78, 5) is 60.8. The minimum atomic E-state index is -1.56. The lowest BCUT2D eigenvalue weighted by Gasteiger charge is -2.38. The van der Waals surface area contributed by atoms with Crippen molar-refractivity contribution >= 4 is 56.9 Å². The van der Waals surface area contributed by atoms with E-state index in [9.17, 15) is 19.5 Å². The van der Waals surface area contributed by atoms with E-state index in [1.165, 1.54) is 4.90 Å². The van der Waals surface area contributed by atoms with Crippen molar-refractivity contribution < 1.29 is 33.8 Å². The van der Waals surface area contributed by atoms with Crippen LogP contribution in [0.1, 0.15) is 37.0 Å². The molecule has 0 radical (unpaired) electrons. The normalized spacial score (nSPS) is 30.4. The lowest BCUT2D eigenvalue weighted by atomic mass is 9.74. The van der Waals surface area contributed by atoms with Gasteiger partial charge in [0.15, 0.2) is 0 Å². The fourth-order valence-electron chi connectivity index (χ4n) is 8.05. The van der Waals surface area contributed by atoms with E-state index in [1.807, 2.05) is 72.8 Å². The fraction of sp³-hybridized carbons (Fsp3) is 0.350. The molecule has 270 valence electrons. The maximum absolute atomic E-state index is 15.2. The van der Waals surface area contributed by atoms with Crippen LogP contribution in [-0.2, 0) is 35.1 Å². The number of halogens is 2. The predicted octanol–water partition coefficient (Wildman–Crippen LogP) is 5.29. The molecule has 3 aromatic rings. The van der Waals surface area contributed by atoms with Gasteiger partial charge in [-0.05, 0) is 61.2 Å². The second kappa shape index (κ2) is 15.0. The molecular weight excluding hydrogens is 750 g/mol. The van der Waals surface area contributed by atoms with Crippen LogP contribution in [0.25, 0.3) is 0 Å². The highest BCUT2D eigenvalue weighted by Crippen LogP contribution is 2.59. The number of hydrogen-bond donors (Lipinski definition) is 2. The minimum Gasteiger partial charge on any atom is -0.455 e. The van der Waals surface area contributed by atoms with Crippen molar-refractivity contribution in [3.05, 3.63) is 124 Å². The largest absolute Gasteiger partial charge is 0.455 e. The second-order valence-corrected chi connectivity index (χ2v) is 15.0. The zero-order valence-electron chi connectivity index (χ0n) is 28.4. The summed E-state index contributed by atoms with van der Waals surface area (Å²) in [5.74, 6) is -4.13. The van der Waals surface area contributed by atoms with E-state index in [1.54, 1.807) is 42.2 Å². The summed E-state index contributed by atoms with van der Waals surface area (Å²) in [5, 5.41) is 14.4. The van der Waals surface area contributed by atoms with Crippen LogP contribution in [0.5, 0.6) is 0 Å². The van der Waals surface area contributed by atoms with Gasteiger partial charge in [-0.2, -0.15) is 0 Å². The van der Waals surface area contributed by atoms with Gasteiger partial charge in [0, 0.05) is 28.2 Å². The molecule has 5 bridgehead atoms. The Labute approximate surface area is 315 Å². The summed E-state index contributed by atoms with van der Waals surface area (Å²) in [6.45, 7) is 1.44. The second-order valence-electron chi connectivity index (χ2n) is 13.7. The first-order valence-corrected chi connectivity index (χ1v) is 18.6. The molecule has 3 amide bonds. The third-order valence-electron chi connectivity index (χ3n) is 10.4. The molecule has 2 fully saturated rings. The molecule has 0 unspecified atom stereocenters. The fourth-order valence-corrected chi connectivity index (χ4v) is 8.91. The van der Waals surface area contributed by atoms with Gasteiger partial charge in [-0.3, -0.25) is 19.2 Å². The summed E-state index contributed by atoms with van der Waals surface area (Å²) in [6.07, 6.45) is 4.43. The van der Waals surface area contributed by atoms with Crippen LogP contribution in [-0.4, -0.2) is 76.7 Å². The number of anilines is 1. The lowest BCUT2D eigenvalue weighted by Crippen LogP contribution is -2.59. The molecule has 7 rings (SSSR count). The van der Waals surface area contributed by atoms with Crippen LogP contribution >= 0.6 is 27.5 Å². The van der Waals surface area contributed by atoms with E-state index in [4.69, 9.17) is 21.1 Å². The number of nitrogens with zero attached hydrogens (tertiary/aromatic N) is 2. The molecule has 4 aliphatic rings. The molecule has 12 heteroatoms. The number of ether oxygens (including phenoxy) is 2. The van der Waals surface area contributed by atoms with Crippen LogP contribution in [0.3, 0.4) is 0 Å². The smallest absolute Gasteiger partial charge is 0.313 e. The van der Waals surface area contributed by atoms with Gasteiger partial charge in [-0.25, -0.2) is 0 Å². The number of hydrogen-bond acceptors (Lipinski definition) is 7. The molecule has 0 aliphatic carbocycles. The van der Waals surface area contributed by atoms with Crippen molar-refractivity contribution in [2.75, 3.05) is 18.1 Å². The number of aliphatic hydroxyl groups excluding tert-OH is 1. The lowest BCUT2D eigenvalue weighted by molar-refractivity contribution is -0.161. The average Bonchev–Trinajstić information content (AvgIpc) is 3.74. The Morgan fingerprint density at radius 1 is 0.942 bits per heavy atom. The van der Waals surface area contributed by atoms with Crippen molar-refractivity contribution in [1.82, 2.24) is 10.2 Å². The number of amides is 3. The van der Waals surface area contributed by atoms with Crippen molar-refractivity contribution in [3.8, 4) is 0 Å². The Morgan fingerprint density at radius 2 is 1.63 bits per heavy atom. The van der Waals surface area contributed by atoms with Gasteiger partial charge in [-0.1, -0.05) is 100 Å². The molecule has 4 aliphatic heterocycles. The zero-order chi connectivity index (χ0) is 36.6. The maximum atomic E-state index is 15.2. The predicted molar refractivity (Wildman–Crippen MR) is 198 cm³/mol. The maximum Gasteiger partial charge on any atom is 0.313 e. The van der Waals surface area contributed by atoms with E-state index < -0.39 is 72.2 Å². The molecule has 2 saturated heterocycles. The standard InChI is InChI=1S/C40H39BrClN3O7/c1-24-34(26-13-7-3-8-14-26)51-39(50)32-33-37(48)45(29(23-46)21-25-11-5-2-6-12-25)36(40(33)22-30(41)35(32)52-40)38(49)44(28-18-16-27(42)17-19-28)20-10-4-9-15-31(47)43-24/h2-8,10-14,16-19,22,24,29,32-36,46H,9,15,20-21,23H2,1H3,(H,43,47)/b10-4-/t24-,29+,32+,33-,34+,35+,36+,40-/m0/s1. The SMILES string of the molecule is C[C@@H]1NC(=O)CC/C=C\CN(c2ccc(Cl)cc2)C(=O)[C@H]2N([C@@H](CO)Cc3ccccc3)C(=O)[C@@H]3[C@@H](C(=O)O[C@H]1c1ccccc1)[C@@H]1O[C@@]32C=C1Br. The Kier molecular flexibility index (Phi) is 10.4. The van der Waals surface area contributed by atoms with E-state index in [-0.39, 0.29) is 25.3 Å². The number of rotatable bonds is 6. The number of likely N-dealkylation sites (tertiary alicyclic amines) is 1. The van der Waals surface area contributed by atoms with E-state index >= 15 is 4.79 Å². The van der Waals surface area contributed by atoms with E-state index in [0.717, 1.165) is 5.56 Å². The summed E-state index contributed by atoms with van der Waals surface area (Å²) < 4.78 is 13.5. The highest BCUT2D eigenvalue weighted by Gasteiger charge is 2.75. The summed E-state index contributed by atoms with van der Waals surface area (Å²) >= 11 is 9.86. The number of aliphatic hydroxyl groups is 1. The number of cyclic esters (lactones) is 1. The van der Waals surface area contributed by atoms with Crippen LogP contribution in [0.15, 0.2) is 108 Å². The van der Waals surface area contributed by atoms with Gasteiger partial charge in [0.05, 0.1) is 24.6 Å². The van der Waals surface area contributed by atoms with Gasteiger partial charge in [0.2, 0.25) is 11.8 Å². The molecule has 4 heterocycles. The number of carbonyl (C=O) groups excluding carboxylic acids is 4. The Balaban J connectivity index is 1.37. The molecule has 52 heavy (non-hydrogen) atoms. The molecule has 1 spiro atoms. The third kappa shape index (κ3) is 6.59. The van der Waals surface area contributed by atoms with Crippen LogP contribution < -0.4 is 10.2 Å². The summed E-state index contributed by atoms with van der Waals surface area (Å²) in [5.41, 5.74) is 0.498. The van der Waals surface area contributed by atoms with Gasteiger partial charge >= 0.3 is 5.97 Å². The van der Waals surface area contributed by atoms with Gasteiger partial charge in [0.1, 0.15) is 29.8 Å². The topological polar surface area (TPSA) is 125 Å². The first kappa shape index (κ1) is 36.1. The molecular formula is C40H39BrClN3O7.